The maximum atomic E-state index is 11.3. The minimum atomic E-state index is -0.884. The molecule has 0 unspecified atom stereocenters. The molecule has 20 heavy (non-hydrogen) atoms. The Morgan fingerprint density at radius 2 is 2.05 bits per heavy atom. The summed E-state index contributed by atoms with van der Waals surface area (Å²) in [6.07, 6.45) is 0.557. The van der Waals surface area contributed by atoms with Crippen molar-refractivity contribution in [2.45, 2.75) is 13.3 Å². The number of benzene rings is 2. The van der Waals surface area contributed by atoms with Crippen molar-refractivity contribution in [3.8, 4) is 0 Å². The molecule has 100 valence electrons. The molecule has 0 aliphatic heterocycles. The van der Waals surface area contributed by atoms with Crippen LogP contribution in [0.4, 0.5) is 0 Å². The Hall–Kier alpha value is -2.20. The number of aryl methyl sites for hydroxylation is 1. The molecule has 0 saturated carbocycles. The minimum absolute atomic E-state index is 0.365. The lowest BCUT2D eigenvalue weighted by Crippen LogP contribution is -2.03. The molecule has 0 bridgehead atoms. The predicted octanol–water partition coefficient (Wildman–Crippen LogP) is 3.89. The predicted molar refractivity (Wildman–Crippen MR) is 80.6 cm³/mol. The van der Waals surface area contributed by atoms with E-state index in [9.17, 15) is 9.90 Å². The molecule has 1 aromatic heterocycles. The SMILES string of the molecule is Cc1ccc(Cc2nc3ccccc3s2)c(C(=O)O)c1. The summed E-state index contributed by atoms with van der Waals surface area (Å²) in [5, 5.41) is 10.2. The smallest absolute Gasteiger partial charge is 0.335 e. The molecule has 0 aliphatic rings. The van der Waals surface area contributed by atoms with Crippen LogP contribution in [0.5, 0.6) is 0 Å². The second-order valence-corrected chi connectivity index (χ2v) is 5.83. The van der Waals surface area contributed by atoms with Crippen LogP contribution < -0.4 is 0 Å². The average Bonchev–Trinajstić information content (AvgIpc) is 2.82. The van der Waals surface area contributed by atoms with E-state index in [0.29, 0.717) is 12.0 Å². The van der Waals surface area contributed by atoms with E-state index >= 15 is 0 Å². The van der Waals surface area contributed by atoms with E-state index in [-0.39, 0.29) is 0 Å². The standard InChI is InChI=1S/C16H13NO2S/c1-10-6-7-11(12(8-10)16(18)19)9-15-17-13-4-2-3-5-14(13)20-15/h2-8H,9H2,1H3,(H,18,19). The monoisotopic (exact) mass is 283 g/mol. The summed E-state index contributed by atoms with van der Waals surface area (Å²) in [6.45, 7) is 1.90. The van der Waals surface area contributed by atoms with Crippen LogP contribution in [0, 0.1) is 6.92 Å². The summed E-state index contributed by atoms with van der Waals surface area (Å²) in [7, 11) is 0. The zero-order valence-electron chi connectivity index (χ0n) is 11.0. The first-order valence-electron chi connectivity index (χ1n) is 6.31. The highest BCUT2D eigenvalue weighted by Crippen LogP contribution is 2.25. The third-order valence-electron chi connectivity index (χ3n) is 3.18. The number of thiazole rings is 1. The molecule has 0 amide bonds. The van der Waals surface area contributed by atoms with Crippen LogP contribution in [0.1, 0.15) is 26.5 Å². The van der Waals surface area contributed by atoms with Crippen LogP contribution in [-0.4, -0.2) is 16.1 Å². The Balaban J connectivity index is 2.00. The first-order chi connectivity index (χ1) is 9.63. The Labute approximate surface area is 120 Å². The minimum Gasteiger partial charge on any atom is -0.478 e. The van der Waals surface area contributed by atoms with E-state index in [4.69, 9.17) is 0 Å². The van der Waals surface area contributed by atoms with Crippen molar-refractivity contribution < 1.29 is 9.90 Å². The van der Waals surface area contributed by atoms with Crippen LogP contribution in [0.15, 0.2) is 42.5 Å². The number of aromatic carboxylic acids is 1. The molecule has 0 fully saturated rings. The number of nitrogens with zero attached hydrogens (tertiary/aromatic N) is 1. The van der Waals surface area contributed by atoms with Crippen molar-refractivity contribution in [2.24, 2.45) is 0 Å². The molecule has 2 aromatic carbocycles. The number of hydrogen-bond donors (Lipinski definition) is 1. The van der Waals surface area contributed by atoms with Gasteiger partial charge in [-0.3, -0.25) is 0 Å². The van der Waals surface area contributed by atoms with Crippen LogP contribution in [0.25, 0.3) is 10.2 Å². The van der Waals surface area contributed by atoms with Gasteiger partial charge in [-0.2, -0.15) is 0 Å². The van der Waals surface area contributed by atoms with Crippen molar-refractivity contribution in [1.29, 1.82) is 0 Å². The molecule has 4 heteroatoms. The van der Waals surface area contributed by atoms with Gasteiger partial charge in [-0.1, -0.05) is 29.8 Å². The average molecular weight is 283 g/mol. The third-order valence-corrected chi connectivity index (χ3v) is 4.21. The number of hydrogen-bond acceptors (Lipinski definition) is 3. The molecular formula is C16H13NO2S. The Kier molecular flexibility index (Phi) is 3.24. The summed E-state index contributed by atoms with van der Waals surface area (Å²) in [5.41, 5.74) is 3.10. The number of aromatic nitrogens is 1. The second-order valence-electron chi connectivity index (χ2n) is 4.72. The highest BCUT2D eigenvalue weighted by atomic mass is 32.1. The topological polar surface area (TPSA) is 50.2 Å². The molecule has 3 nitrogen and oxygen atoms in total. The van der Waals surface area contributed by atoms with Gasteiger partial charge in [-0.15, -0.1) is 11.3 Å². The molecule has 0 radical (unpaired) electrons. The number of carbonyl (C=O) groups is 1. The van der Waals surface area contributed by atoms with Crippen molar-refractivity contribution in [2.75, 3.05) is 0 Å². The molecule has 0 atom stereocenters. The van der Waals surface area contributed by atoms with E-state index in [1.807, 2.05) is 43.3 Å². The maximum Gasteiger partial charge on any atom is 0.335 e. The van der Waals surface area contributed by atoms with Gasteiger partial charge in [0.15, 0.2) is 0 Å². The van der Waals surface area contributed by atoms with E-state index in [1.165, 1.54) is 0 Å². The maximum absolute atomic E-state index is 11.3. The Morgan fingerprint density at radius 3 is 2.80 bits per heavy atom. The molecule has 1 heterocycles. The first-order valence-corrected chi connectivity index (χ1v) is 7.12. The fourth-order valence-corrected chi connectivity index (χ4v) is 3.19. The highest BCUT2D eigenvalue weighted by molar-refractivity contribution is 7.18. The van der Waals surface area contributed by atoms with Gasteiger partial charge in [0.2, 0.25) is 0 Å². The fourth-order valence-electron chi connectivity index (χ4n) is 2.20. The molecule has 0 saturated heterocycles. The highest BCUT2D eigenvalue weighted by Gasteiger charge is 2.12. The van der Waals surface area contributed by atoms with E-state index in [2.05, 4.69) is 4.98 Å². The zero-order chi connectivity index (χ0) is 14.1. The number of rotatable bonds is 3. The van der Waals surface area contributed by atoms with E-state index < -0.39 is 5.97 Å². The van der Waals surface area contributed by atoms with Crippen LogP contribution in [0.2, 0.25) is 0 Å². The molecule has 1 N–H and O–H groups in total. The lowest BCUT2D eigenvalue weighted by Gasteiger charge is -2.05. The van der Waals surface area contributed by atoms with Gasteiger partial charge in [0.05, 0.1) is 20.8 Å². The zero-order valence-corrected chi connectivity index (χ0v) is 11.8. The van der Waals surface area contributed by atoms with Gasteiger partial charge in [-0.25, -0.2) is 9.78 Å². The van der Waals surface area contributed by atoms with Crippen LogP contribution >= 0.6 is 11.3 Å². The Morgan fingerprint density at radius 1 is 1.25 bits per heavy atom. The number of carboxylic acids is 1. The third kappa shape index (κ3) is 2.42. The van der Waals surface area contributed by atoms with Gasteiger partial charge in [-0.05, 0) is 30.7 Å². The van der Waals surface area contributed by atoms with Gasteiger partial charge in [0, 0.05) is 6.42 Å². The second kappa shape index (κ2) is 5.06. The van der Waals surface area contributed by atoms with Crippen molar-refractivity contribution >= 4 is 27.5 Å². The summed E-state index contributed by atoms with van der Waals surface area (Å²) in [4.78, 5) is 15.9. The molecule has 0 aliphatic carbocycles. The summed E-state index contributed by atoms with van der Waals surface area (Å²) in [6, 6.07) is 13.5. The van der Waals surface area contributed by atoms with Gasteiger partial charge >= 0.3 is 5.97 Å². The largest absolute Gasteiger partial charge is 0.478 e. The lowest BCUT2D eigenvalue weighted by molar-refractivity contribution is 0.0695. The molecule has 0 spiro atoms. The molecule has 3 aromatic rings. The summed E-state index contributed by atoms with van der Waals surface area (Å²) < 4.78 is 1.13. The van der Waals surface area contributed by atoms with Crippen LogP contribution in [-0.2, 0) is 6.42 Å². The number of fused-ring (bicyclic) bond motifs is 1. The van der Waals surface area contributed by atoms with Crippen LogP contribution in [0.3, 0.4) is 0 Å². The number of carboxylic acid groups (broad SMARTS) is 1. The lowest BCUT2D eigenvalue weighted by atomic mass is 10.0. The van der Waals surface area contributed by atoms with E-state index in [0.717, 1.165) is 26.4 Å². The van der Waals surface area contributed by atoms with Gasteiger partial charge in [0.1, 0.15) is 0 Å². The van der Waals surface area contributed by atoms with E-state index in [1.54, 1.807) is 17.4 Å². The van der Waals surface area contributed by atoms with Crippen molar-refractivity contribution in [3.63, 3.8) is 0 Å². The fraction of sp³-hybridized carbons (Fsp3) is 0.125. The summed E-state index contributed by atoms with van der Waals surface area (Å²) in [5.74, 6) is -0.884. The number of para-hydroxylation sites is 1. The van der Waals surface area contributed by atoms with Gasteiger partial charge in [0.25, 0.3) is 0 Å². The molecular weight excluding hydrogens is 270 g/mol. The summed E-state index contributed by atoms with van der Waals surface area (Å²) >= 11 is 1.61. The van der Waals surface area contributed by atoms with Crippen molar-refractivity contribution in [1.82, 2.24) is 4.98 Å². The first kappa shape index (κ1) is 12.8. The van der Waals surface area contributed by atoms with Gasteiger partial charge < -0.3 is 5.11 Å². The normalized spacial score (nSPS) is 10.8. The Bertz CT molecular complexity index is 759. The quantitative estimate of drug-likeness (QED) is 0.793. The van der Waals surface area contributed by atoms with Crippen molar-refractivity contribution in [3.05, 3.63) is 64.2 Å². The molecule has 3 rings (SSSR count).